The third-order valence-corrected chi connectivity index (χ3v) is 4.91. The zero-order chi connectivity index (χ0) is 13.7. The molecule has 3 nitrogen and oxygen atoms in total. The normalized spacial score (nSPS) is 27.1. The Morgan fingerprint density at radius 1 is 1.20 bits per heavy atom. The Kier molecular flexibility index (Phi) is 3.00. The largest absolute Gasteiger partial charge is 0.328 e. The molecule has 1 heterocycles. The lowest BCUT2D eigenvalue weighted by molar-refractivity contribution is 0.374. The van der Waals surface area contributed by atoms with Gasteiger partial charge in [-0.1, -0.05) is 18.0 Å². The molecule has 0 saturated heterocycles. The highest BCUT2D eigenvalue weighted by Gasteiger charge is 2.32. The van der Waals surface area contributed by atoms with Gasteiger partial charge in [-0.25, -0.2) is 4.98 Å². The fraction of sp³-hybridized carbons (Fsp3) is 0.562. The number of hydrogen-bond donors (Lipinski definition) is 1. The predicted octanol–water partition coefficient (Wildman–Crippen LogP) is 4.01. The van der Waals surface area contributed by atoms with Crippen LogP contribution >= 0.6 is 11.6 Å². The number of rotatable bonds is 2. The molecule has 2 unspecified atom stereocenters. The van der Waals surface area contributed by atoms with Gasteiger partial charge in [0.2, 0.25) is 0 Å². The maximum Gasteiger partial charge on any atom is 0.113 e. The summed E-state index contributed by atoms with van der Waals surface area (Å²) in [5.74, 6) is 1.77. The maximum atomic E-state index is 6.17. The molecule has 1 aromatic carbocycles. The smallest absolute Gasteiger partial charge is 0.113 e. The molecule has 2 atom stereocenters. The molecule has 1 aromatic heterocycles. The van der Waals surface area contributed by atoms with Crippen LogP contribution in [0.2, 0.25) is 5.02 Å². The minimum atomic E-state index is 0.338. The summed E-state index contributed by atoms with van der Waals surface area (Å²) in [4.78, 5) is 4.92. The van der Waals surface area contributed by atoms with E-state index in [2.05, 4.69) is 10.6 Å². The van der Waals surface area contributed by atoms with Crippen LogP contribution in [0, 0.1) is 0 Å². The molecule has 2 saturated carbocycles. The SMILES string of the molecule is NC1CCCC(c2nc3ccc(Cl)cc3n2C2CC2)C1. The van der Waals surface area contributed by atoms with E-state index in [0.717, 1.165) is 23.4 Å². The molecule has 0 radical (unpaired) electrons. The molecular formula is C16H20ClN3. The van der Waals surface area contributed by atoms with E-state index < -0.39 is 0 Å². The Morgan fingerprint density at radius 2 is 2.05 bits per heavy atom. The minimum Gasteiger partial charge on any atom is -0.328 e. The standard InChI is InChI=1S/C16H20ClN3/c17-11-4-7-14-15(9-11)20(13-5-6-13)16(19-14)10-2-1-3-12(18)8-10/h4,7,9-10,12-13H,1-3,5-6,8,18H2. The van der Waals surface area contributed by atoms with Crippen molar-refractivity contribution in [1.29, 1.82) is 0 Å². The first-order valence-electron chi connectivity index (χ1n) is 7.65. The molecule has 4 heteroatoms. The van der Waals surface area contributed by atoms with E-state index in [1.165, 1.54) is 37.0 Å². The highest BCUT2D eigenvalue weighted by Crippen LogP contribution is 2.43. The highest BCUT2D eigenvalue weighted by atomic mass is 35.5. The molecule has 2 aliphatic rings. The van der Waals surface area contributed by atoms with E-state index in [1.807, 2.05) is 12.1 Å². The van der Waals surface area contributed by atoms with Gasteiger partial charge in [-0.3, -0.25) is 0 Å². The topological polar surface area (TPSA) is 43.8 Å². The molecule has 0 amide bonds. The summed E-state index contributed by atoms with van der Waals surface area (Å²) in [6, 6.07) is 7.01. The zero-order valence-electron chi connectivity index (χ0n) is 11.6. The van der Waals surface area contributed by atoms with Gasteiger partial charge in [0.15, 0.2) is 0 Å². The molecule has 2 fully saturated rings. The first-order valence-corrected chi connectivity index (χ1v) is 8.03. The summed E-state index contributed by atoms with van der Waals surface area (Å²) in [5.41, 5.74) is 8.45. The van der Waals surface area contributed by atoms with Crippen LogP contribution in [0.4, 0.5) is 0 Å². The quantitative estimate of drug-likeness (QED) is 0.908. The molecule has 106 valence electrons. The number of halogens is 1. The van der Waals surface area contributed by atoms with E-state index >= 15 is 0 Å². The van der Waals surface area contributed by atoms with E-state index in [9.17, 15) is 0 Å². The minimum absolute atomic E-state index is 0.338. The van der Waals surface area contributed by atoms with E-state index in [4.69, 9.17) is 22.3 Å². The summed E-state index contributed by atoms with van der Waals surface area (Å²) in [6.07, 6.45) is 7.21. The van der Waals surface area contributed by atoms with Crippen LogP contribution in [0.25, 0.3) is 11.0 Å². The third-order valence-electron chi connectivity index (χ3n) is 4.67. The Labute approximate surface area is 124 Å². The molecule has 0 bridgehead atoms. The van der Waals surface area contributed by atoms with Gasteiger partial charge < -0.3 is 10.3 Å². The van der Waals surface area contributed by atoms with Gasteiger partial charge in [-0.15, -0.1) is 0 Å². The van der Waals surface area contributed by atoms with Gasteiger partial charge in [-0.05, 0) is 50.3 Å². The molecule has 2 N–H and O–H groups in total. The molecule has 2 aromatic rings. The number of aromatic nitrogens is 2. The third kappa shape index (κ3) is 2.13. The number of nitrogens with zero attached hydrogens (tertiary/aromatic N) is 2. The fourth-order valence-electron chi connectivity index (χ4n) is 3.55. The number of imidazole rings is 1. The maximum absolute atomic E-state index is 6.17. The Hall–Kier alpha value is -1.06. The molecule has 0 aliphatic heterocycles. The van der Waals surface area contributed by atoms with Crippen molar-refractivity contribution < 1.29 is 0 Å². The van der Waals surface area contributed by atoms with Crippen LogP contribution in [-0.4, -0.2) is 15.6 Å². The van der Waals surface area contributed by atoms with Gasteiger partial charge in [0.1, 0.15) is 5.82 Å². The van der Waals surface area contributed by atoms with Gasteiger partial charge >= 0.3 is 0 Å². The summed E-state index contributed by atoms with van der Waals surface area (Å²) < 4.78 is 2.45. The zero-order valence-corrected chi connectivity index (χ0v) is 12.3. The number of benzene rings is 1. The Morgan fingerprint density at radius 3 is 2.80 bits per heavy atom. The van der Waals surface area contributed by atoms with Gasteiger partial charge in [0, 0.05) is 23.0 Å². The van der Waals surface area contributed by atoms with E-state index in [0.29, 0.717) is 18.0 Å². The summed E-state index contributed by atoms with van der Waals surface area (Å²) in [6.45, 7) is 0. The van der Waals surface area contributed by atoms with Crippen molar-refractivity contribution in [2.24, 2.45) is 5.73 Å². The first-order chi connectivity index (χ1) is 9.72. The number of hydrogen-bond acceptors (Lipinski definition) is 2. The van der Waals surface area contributed by atoms with Gasteiger partial charge in [-0.2, -0.15) is 0 Å². The lowest BCUT2D eigenvalue weighted by Crippen LogP contribution is -2.28. The highest BCUT2D eigenvalue weighted by molar-refractivity contribution is 6.31. The van der Waals surface area contributed by atoms with Crippen molar-refractivity contribution in [1.82, 2.24) is 9.55 Å². The average molecular weight is 290 g/mol. The lowest BCUT2D eigenvalue weighted by Gasteiger charge is -2.26. The van der Waals surface area contributed by atoms with Crippen molar-refractivity contribution >= 4 is 22.6 Å². The van der Waals surface area contributed by atoms with Crippen molar-refractivity contribution in [2.45, 2.75) is 56.5 Å². The van der Waals surface area contributed by atoms with Crippen molar-refractivity contribution in [3.8, 4) is 0 Å². The second-order valence-electron chi connectivity index (χ2n) is 6.33. The molecule has 4 rings (SSSR count). The van der Waals surface area contributed by atoms with Crippen LogP contribution in [0.3, 0.4) is 0 Å². The van der Waals surface area contributed by atoms with Crippen LogP contribution in [0.1, 0.15) is 56.3 Å². The van der Waals surface area contributed by atoms with Gasteiger partial charge in [0.25, 0.3) is 0 Å². The molecule has 20 heavy (non-hydrogen) atoms. The van der Waals surface area contributed by atoms with E-state index in [1.54, 1.807) is 0 Å². The Bertz CT molecular complexity index is 644. The summed E-state index contributed by atoms with van der Waals surface area (Å²) in [7, 11) is 0. The molecule has 2 aliphatic carbocycles. The first kappa shape index (κ1) is 12.7. The van der Waals surface area contributed by atoms with E-state index in [-0.39, 0.29) is 0 Å². The monoisotopic (exact) mass is 289 g/mol. The summed E-state index contributed by atoms with van der Waals surface area (Å²) >= 11 is 6.17. The van der Waals surface area contributed by atoms with Crippen LogP contribution < -0.4 is 5.73 Å². The van der Waals surface area contributed by atoms with Crippen LogP contribution in [0.5, 0.6) is 0 Å². The predicted molar refractivity (Wildman–Crippen MR) is 82.2 cm³/mol. The second kappa shape index (κ2) is 4.74. The van der Waals surface area contributed by atoms with Crippen molar-refractivity contribution in [3.05, 3.63) is 29.0 Å². The van der Waals surface area contributed by atoms with Crippen molar-refractivity contribution in [2.75, 3.05) is 0 Å². The second-order valence-corrected chi connectivity index (χ2v) is 6.76. The Balaban J connectivity index is 1.83. The summed E-state index contributed by atoms with van der Waals surface area (Å²) in [5, 5.41) is 0.797. The van der Waals surface area contributed by atoms with Gasteiger partial charge in [0.05, 0.1) is 11.0 Å². The lowest BCUT2D eigenvalue weighted by atomic mass is 9.85. The fourth-order valence-corrected chi connectivity index (χ4v) is 3.72. The number of fused-ring (bicyclic) bond motifs is 1. The number of nitrogens with two attached hydrogens (primary N) is 1. The molecule has 0 spiro atoms. The molecular weight excluding hydrogens is 270 g/mol. The average Bonchev–Trinajstić information content (AvgIpc) is 3.19. The van der Waals surface area contributed by atoms with Crippen molar-refractivity contribution in [3.63, 3.8) is 0 Å². The van der Waals surface area contributed by atoms with Crippen LogP contribution in [-0.2, 0) is 0 Å². The van der Waals surface area contributed by atoms with Crippen LogP contribution in [0.15, 0.2) is 18.2 Å².